The minimum atomic E-state index is -1.22. The second kappa shape index (κ2) is 23.9. The molecular weight excluding hydrogens is 662 g/mol. The van der Waals surface area contributed by atoms with Crippen molar-refractivity contribution in [3.05, 3.63) is 71.8 Å². The highest BCUT2D eigenvalue weighted by molar-refractivity contribution is 5.80. The number of primary amides is 2. The van der Waals surface area contributed by atoms with Gasteiger partial charge in [-0.3, -0.25) is 29.1 Å². The number of amides is 2. The van der Waals surface area contributed by atoms with Crippen molar-refractivity contribution in [2.24, 2.45) is 11.5 Å². The number of aliphatic hydroxyl groups excluding tert-OH is 4. The summed E-state index contributed by atoms with van der Waals surface area (Å²) >= 11 is 0. The van der Waals surface area contributed by atoms with Gasteiger partial charge in [-0.2, -0.15) is 0 Å². The molecule has 2 aromatic rings. The number of hydrogen-bond donors (Lipinski definition) is 7. The normalized spacial score (nSPS) is 15.4. The number of carboxylic acids is 1. The highest BCUT2D eigenvalue weighted by atomic mass is 16.5. The predicted octanol–water partition coefficient (Wildman–Crippen LogP) is -0.618. The monoisotopic (exact) mass is 719 g/mol. The number of carboxylic acid groups (broad SMARTS) is 1. The fourth-order valence-electron chi connectivity index (χ4n) is 6.23. The number of carbonyl (C=O) groups excluding carboxylic acids is 2. The van der Waals surface area contributed by atoms with Crippen LogP contribution in [-0.4, -0.2) is 154 Å². The smallest absolute Gasteiger partial charge is 0.317 e. The van der Waals surface area contributed by atoms with E-state index in [0.717, 1.165) is 11.1 Å². The van der Waals surface area contributed by atoms with Crippen molar-refractivity contribution in [1.29, 1.82) is 0 Å². The second-order valence-corrected chi connectivity index (χ2v) is 12.5. The first-order chi connectivity index (χ1) is 24.4. The van der Waals surface area contributed by atoms with E-state index >= 15 is 0 Å². The van der Waals surface area contributed by atoms with E-state index in [1.54, 1.807) is 28.5 Å². The van der Waals surface area contributed by atoms with Crippen LogP contribution in [0.15, 0.2) is 60.7 Å². The molecule has 0 aliphatic rings. The van der Waals surface area contributed by atoms with Crippen LogP contribution in [0.1, 0.15) is 37.8 Å². The molecule has 0 bridgehead atoms. The summed E-state index contributed by atoms with van der Waals surface area (Å²) in [6, 6.07) is 15.6. The number of rotatable bonds is 28. The molecule has 2 amide bonds. The number of ether oxygens (including phenoxy) is 2. The summed E-state index contributed by atoms with van der Waals surface area (Å²) in [5.74, 6) is -2.57. The molecule has 0 aromatic heterocycles. The lowest BCUT2D eigenvalue weighted by molar-refractivity contribution is -0.140. The van der Waals surface area contributed by atoms with Crippen molar-refractivity contribution in [2.45, 2.75) is 76.3 Å². The Kier molecular flexibility index (Phi) is 20.4. The Morgan fingerprint density at radius 3 is 1.35 bits per heavy atom. The zero-order chi connectivity index (χ0) is 37.8. The summed E-state index contributed by atoms with van der Waals surface area (Å²) in [5, 5.41) is 49.7. The molecule has 15 heteroatoms. The van der Waals surface area contributed by atoms with Gasteiger partial charge in [-0.15, -0.1) is 0 Å². The first-order valence-electron chi connectivity index (χ1n) is 17.3. The fourth-order valence-corrected chi connectivity index (χ4v) is 6.23. The maximum absolute atomic E-state index is 12.7. The van der Waals surface area contributed by atoms with E-state index in [9.17, 15) is 39.9 Å². The fraction of sp³-hybridized carbons (Fsp3) is 0.583. The minimum absolute atomic E-state index is 0.0527. The van der Waals surface area contributed by atoms with E-state index in [2.05, 4.69) is 0 Å². The number of benzene rings is 2. The molecule has 0 spiro atoms. The Hall–Kier alpha value is -3.51. The number of likely N-dealkylation sites (N-methyl/N-ethyl adjacent to an activating group) is 2. The van der Waals surface area contributed by atoms with Crippen LogP contribution in [0.25, 0.3) is 0 Å². The number of carbonyl (C=O) groups is 3. The topological polar surface area (TPSA) is 233 Å². The molecule has 0 saturated heterocycles. The number of nitrogens with zero attached hydrogens (tertiary/aromatic N) is 3. The molecule has 0 heterocycles. The highest BCUT2D eigenvalue weighted by Crippen LogP contribution is 2.18. The van der Waals surface area contributed by atoms with E-state index in [-0.39, 0.29) is 65.4 Å². The molecule has 2 aromatic carbocycles. The molecule has 2 rings (SSSR count). The quantitative estimate of drug-likeness (QED) is 0.0582. The lowest BCUT2D eigenvalue weighted by atomic mass is 10.0. The zero-order valence-electron chi connectivity index (χ0n) is 29.7. The van der Waals surface area contributed by atoms with Gasteiger partial charge in [0.1, 0.15) is 0 Å². The Balaban J connectivity index is 2.50. The summed E-state index contributed by atoms with van der Waals surface area (Å²) in [4.78, 5) is 42.9. The molecule has 0 saturated carbocycles. The van der Waals surface area contributed by atoms with Crippen molar-refractivity contribution in [1.82, 2.24) is 14.7 Å². The van der Waals surface area contributed by atoms with Crippen LogP contribution < -0.4 is 11.5 Å². The van der Waals surface area contributed by atoms with Crippen LogP contribution in [0.4, 0.5) is 0 Å². The van der Waals surface area contributed by atoms with Gasteiger partial charge in [0.25, 0.3) is 0 Å². The third-order valence-corrected chi connectivity index (χ3v) is 8.68. The van der Waals surface area contributed by atoms with Crippen molar-refractivity contribution in [3.8, 4) is 0 Å². The van der Waals surface area contributed by atoms with Gasteiger partial charge < -0.3 is 46.5 Å². The molecule has 0 aliphatic carbocycles. The maximum Gasteiger partial charge on any atom is 0.317 e. The van der Waals surface area contributed by atoms with Crippen LogP contribution in [0.5, 0.6) is 0 Å². The van der Waals surface area contributed by atoms with Gasteiger partial charge in [-0.1, -0.05) is 74.5 Å². The molecule has 6 atom stereocenters. The molecule has 286 valence electrons. The van der Waals surface area contributed by atoms with E-state index in [4.69, 9.17) is 20.9 Å². The third-order valence-electron chi connectivity index (χ3n) is 8.68. The number of aliphatic carboxylic acids is 1. The van der Waals surface area contributed by atoms with Gasteiger partial charge in [0.05, 0.1) is 70.5 Å². The van der Waals surface area contributed by atoms with Crippen molar-refractivity contribution >= 4 is 17.8 Å². The zero-order valence-corrected chi connectivity index (χ0v) is 29.7. The molecular formula is C36H57N5O10. The van der Waals surface area contributed by atoms with Crippen LogP contribution in [0.2, 0.25) is 0 Å². The largest absolute Gasteiger partial charge is 0.480 e. The third kappa shape index (κ3) is 15.7. The van der Waals surface area contributed by atoms with Crippen LogP contribution in [0.3, 0.4) is 0 Å². The Bertz CT molecular complexity index is 1190. The van der Waals surface area contributed by atoms with Gasteiger partial charge in [-0.05, 0) is 24.2 Å². The van der Waals surface area contributed by atoms with E-state index in [1.807, 2.05) is 60.7 Å². The van der Waals surface area contributed by atoms with Gasteiger partial charge in [0.15, 0.2) is 0 Å². The van der Waals surface area contributed by atoms with Gasteiger partial charge in [-0.25, -0.2) is 0 Å². The summed E-state index contributed by atoms with van der Waals surface area (Å²) in [5.41, 5.74) is 13.4. The number of aliphatic hydroxyl groups is 4. The van der Waals surface area contributed by atoms with Crippen LogP contribution in [0, 0.1) is 0 Å². The number of hydrogen-bond acceptors (Lipinski definition) is 12. The van der Waals surface area contributed by atoms with Gasteiger partial charge >= 0.3 is 5.97 Å². The average Bonchev–Trinajstić information content (AvgIpc) is 3.11. The molecule has 6 unspecified atom stereocenters. The molecule has 15 nitrogen and oxygen atoms in total. The second-order valence-electron chi connectivity index (χ2n) is 12.5. The van der Waals surface area contributed by atoms with E-state index < -0.39 is 73.9 Å². The van der Waals surface area contributed by atoms with Crippen LogP contribution >= 0.6 is 0 Å². The summed E-state index contributed by atoms with van der Waals surface area (Å²) in [6.07, 6.45) is -2.74. The molecule has 0 radical (unpaired) electrons. The first kappa shape index (κ1) is 43.7. The Morgan fingerprint density at radius 1 is 0.686 bits per heavy atom. The van der Waals surface area contributed by atoms with Crippen molar-refractivity contribution < 1.29 is 49.4 Å². The Morgan fingerprint density at radius 2 is 1.06 bits per heavy atom. The van der Waals surface area contributed by atoms with Crippen LogP contribution in [-0.2, 0) is 37.1 Å². The predicted molar refractivity (Wildman–Crippen MR) is 190 cm³/mol. The molecule has 0 fully saturated rings. The van der Waals surface area contributed by atoms with Crippen molar-refractivity contribution in [3.63, 3.8) is 0 Å². The molecule has 51 heavy (non-hydrogen) atoms. The van der Waals surface area contributed by atoms with Gasteiger partial charge in [0.2, 0.25) is 11.8 Å². The average molecular weight is 720 g/mol. The Labute approximate surface area is 300 Å². The summed E-state index contributed by atoms with van der Waals surface area (Å²) < 4.78 is 12.2. The standard InChI is InChI=1S/C36H57N5O10/c1-3-40(32(35(37)48)15-30(44)20-42)28(24-50-22-26-11-7-5-8-12-26)17-39(19-34(46)47)18-29(25-51-23-27-13-9-6-10-14-27)41(4-2)33(36(38)49)16-31(45)21-43/h5-14,28-33,42-45H,3-4,15-25H2,1-2H3,(H2,37,48)(H2,38,49)(H,46,47). The first-order valence-corrected chi connectivity index (χ1v) is 17.3. The lowest BCUT2D eigenvalue weighted by Crippen LogP contribution is -2.59. The van der Waals surface area contributed by atoms with Crippen molar-refractivity contribution in [2.75, 3.05) is 59.2 Å². The summed E-state index contributed by atoms with van der Waals surface area (Å²) in [6.45, 7) is 3.27. The SMILES string of the molecule is CCN(C(COCc1ccccc1)CN(CC(=O)O)CC(COCc1ccccc1)N(CC)C(CC(O)CO)C(N)=O)C(CC(O)CO)C(N)=O. The maximum atomic E-state index is 12.7. The molecule has 0 aliphatic heterocycles. The lowest BCUT2D eigenvalue weighted by Gasteiger charge is -2.41. The summed E-state index contributed by atoms with van der Waals surface area (Å²) in [7, 11) is 0. The molecule has 9 N–H and O–H groups in total. The number of nitrogens with two attached hydrogens (primary N) is 2. The minimum Gasteiger partial charge on any atom is -0.480 e. The van der Waals surface area contributed by atoms with E-state index in [1.165, 1.54) is 0 Å². The van der Waals surface area contributed by atoms with Gasteiger partial charge in [0, 0.05) is 38.0 Å². The highest BCUT2D eigenvalue weighted by Gasteiger charge is 2.36. The van der Waals surface area contributed by atoms with E-state index in [0.29, 0.717) is 0 Å².